The molecule has 8 heteroatoms. The molecular formula is C25H22N2O5S. The van der Waals surface area contributed by atoms with E-state index in [-0.39, 0.29) is 5.75 Å². The van der Waals surface area contributed by atoms with Crippen LogP contribution in [0.2, 0.25) is 0 Å². The molecule has 0 fully saturated rings. The maximum atomic E-state index is 13.1. The fourth-order valence-corrected chi connectivity index (χ4v) is 3.84. The highest BCUT2D eigenvalue weighted by Gasteiger charge is 2.26. The number of aromatic nitrogens is 1. The van der Waals surface area contributed by atoms with Crippen molar-refractivity contribution in [2.24, 2.45) is 0 Å². The van der Waals surface area contributed by atoms with Gasteiger partial charge in [-0.1, -0.05) is 60.3 Å². The summed E-state index contributed by atoms with van der Waals surface area (Å²) in [6.07, 6.45) is -1.13. The predicted molar refractivity (Wildman–Crippen MR) is 126 cm³/mol. The van der Waals surface area contributed by atoms with Gasteiger partial charge >= 0.3 is 5.97 Å². The Balaban J connectivity index is 1.48. The van der Waals surface area contributed by atoms with Crippen LogP contribution in [0.4, 0.5) is 5.69 Å². The number of fused-ring (bicyclic) bond motifs is 1. The van der Waals surface area contributed by atoms with Crippen LogP contribution >= 0.6 is 11.8 Å². The minimum absolute atomic E-state index is 0.0583. The quantitative estimate of drug-likeness (QED) is 0.286. The molecule has 0 spiro atoms. The molecule has 0 bridgehead atoms. The average Bonchev–Trinajstić information content (AvgIpc) is 3.25. The maximum Gasteiger partial charge on any atom is 0.317 e. The summed E-state index contributed by atoms with van der Waals surface area (Å²) in [5, 5.41) is 3.18. The van der Waals surface area contributed by atoms with E-state index in [0.717, 1.165) is 17.3 Å². The molecule has 1 atom stereocenters. The summed E-state index contributed by atoms with van der Waals surface area (Å²) in [4.78, 5) is 30.1. The van der Waals surface area contributed by atoms with E-state index in [0.29, 0.717) is 33.3 Å². The largest absolute Gasteiger partial charge is 0.495 e. The van der Waals surface area contributed by atoms with Crippen LogP contribution in [-0.2, 0) is 14.3 Å². The zero-order valence-electron chi connectivity index (χ0n) is 18.1. The Morgan fingerprint density at radius 3 is 2.58 bits per heavy atom. The predicted octanol–water partition coefficient (Wildman–Crippen LogP) is 5.16. The number of hydrogen-bond acceptors (Lipinski definition) is 7. The number of oxazole rings is 1. The lowest BCUT2D eigenvalue weighted by atomic mass is 10.1. The average molecular weight is 463 g/mol. The van der Waals surface area contributed by atoms with Crippen molar-refractivity contribution in [1.29, 1.82) is 0 Å². The van der Waals surface area contributed by atoms with E-state index in [1.165, 1.54) is 7.11 Å². The Labute approximate surface area is 195 Å². The molecule has 33 heavy (non-hydrogen) atoms. The van der Waals surface area contributed by atoms with Crippen molar-refractivity contribution in [3.63, 3.8) is 0 Å². The number of anilines is 1. The van der Waals surface area contributed by atoms with Gasteiger partial charge < -0.3 is 19.2 Å². The second-order valence-corrected chi connectivity index (χ2v) is 8.14. The smallest absolute Gasteiger partial charge is 0.317 e. The van der Waals surface area contributed by atoms with Crippen LogP contribution < -0.4 is 10.1 Å². The zero-order valence-corrected chi connectivity index (χ0v) is 18.9. The van der Waals surface area contributed by atoms with Gasteiger partial charge in [-0.25, -0.2) is 4.98 Å². The molecule has 0 radical (unpaired) electrons. The lowest BCUT2D eigenvalue weighted by molar-refractivity contribution is -0.152. The highest BCUT2D eigenvalue weighted by molar-refractivity contribution is 7.99. The van der Waals surface area contributed by atoms with Crippen LogP contribution in [0, 0.1) is 6.92 Å². The SMILES string of the molecule is COc1ccc(C)cc1NC(=O)C(OC(=O)CSc1nc2ccccc2o1)c1ccccc1. The number of methoxy groups -OCH3 is 1. The first kappa shape index (κ1) is 22.4. The van der Waals surface area contributed by atoms with E-state index in [1.54, 1.807) is 42.5 Å². The van der Waals surface area contributed by atoms with E-state index in [9.17, 15) is 9.59 Å². The Hall–Kier alpha value is -3.78. The van der Waals surface area contributed by atoms with Crippen LogP contribution in [-0.4, -0.2) is 29.7 Å². The lowest BCUT2D eigenvalue weighted by Gasteiger charge is -2.19. The molecule has 0 aliphatic carbocycles. The van der Waals surface area contributed by atoms with Crippen LogP contribution in [0.1, 0.15) is 17.2 Å². The van der Waals surface area contributed by atoms with Gasteiger partial charge in [-0.05, 0) is 36.8 Å². The first-order valence-electron chi connectivity index (χ1n) is 10.2. The molecule has 1 heterocycles. The van der Waals surface area contributed by atoms with Crippen LogP contribution in [0.5, 0.6) is 5.75 Å². The van der Waals surface area contributed by atoms with E-state index >= 15 is 0 Å². The first-order valence-corrected chi connectivity index (χ1v) is 11.2. The number of hydrogen-bond donors (Lipinski definition) is 1. The van der Waals surface area contributed by atoms with Gasteiger partial charge in [0.25, 0.3) is 11.1 Å². The Kier molecular flexibility index (Phi) is 6.95. The molecule has 4 rings (SSSR count). The lowest BCUT2D eigenvalue weighted by Crippen LogP contribution is -2.26. The second kappa shape index (κ2) is 10.2. The van der Waals surface area contributed by atoms with Gasteiger partial charge in [-0.3, -0.25) is 9.59 Å². The van der Waals surface area contributed by atoms with Gasteiger partial charge in [-0.15, -0.1) is 0 Å². The number of ether oxygens (including phenoxy) is 2. The summed E-state index contributed by atoms with van der Waals surface area (Å²) in [6.45, 7) is 1.91. The fraction of sp³-hybridized carbons (Fsp3) is 0.160. The van der Waals surface area contributed by atoms with Gasteiger partial charge in [0.1, 0.15) is 17.0 Å². The molecule has 0 aliphatic rings. The molecule has 168 valence electrons. The van der Waals surface area contributed by atoms with Gasteiger partial charge in [-0.2, -0.15) is 0 Å². The van der Waals surface area contributed by atoms with E-state index in [1.807, 2.05) is 37.3 Å². The van der Waals surface area contributed by atoms with Crippen molar-refractivity contribution in [3.05, 3.63) is 83.9 Å². The van der Waals surface area contributed by atoms with Gasteiger partial charge in [0, 0.05) is 5.56 Å². The van der Waals surface area contributed by atoms with Crippen LogP contribution in [0.15, 0.2) is 82.4 Å². The molecule has 1 unspecified atom stereocenters. The van der Waals surface area contributed by atoms with Crippen molar-refractivity contribution in [3.8, 4) is 5.75 Å². The van der Waals surface area contributed by atoms with E-state index in [4.69, 9.17) is 13.9 Å². The topological polar surface area (TPSA) is 90.7 Å². The monoisotopic (exact) mass is 462 g/mol. The van der Waals surface area contributed by atoms with Gasteiger partial charge in [0.05, 0.1) is 12.8 Å². The van der Waals surface area contributed by atoms with Crippen molar-refractivity contribution in [1.82, 2.24) is 4.98 Å². The minimum Gasteiger partial charge on any atom is -0.495 e. The molecule has 0 saturated heterocycles. The van der Waals surface area contributed by atoms with Crippen molar-refractivity contribution in [2.75, 3.05) is 18.2 Å². The number of nitrogens with zero attached hydrogens (tertiary/aromatic N) is 1. The van der Waals surface area contributed by atoms with Crippen LogP contribution in [0.3, 0.4) is 0 Å². The molecule has 1 aromatic heterocycles. The molecule has 0 saturated carbocycles. The number of aryl methyl sites for hydroxylation is 1. The second-order valence-electron chi connectivity index (χ2n) is 7.21. The number of carbonyl (C=O) groups excluding carboxylic acids is 2. The fourth-order valence-electron chi connectivity index (χ4n) is 3.22. The third-order valence-corrected chi connectivity index (χ3v) is 5.59. The van der Waals surface area contributed by atoms with Crippen molar-refractivity contribution < 1.29 is 23.5 Å². The Morgan fingerprint density at radius 2 is 1.82 bits per heavy atom. The number of amides is 1. The number of nitrogens with one attached hydrogen (secondary N) is 1. The normalized spacial score (nSPS) is 11.7. The number of benzene rings is 3. The standard InChI is InChI=1S/C25H22N2O5S/c1-16-12-13-20(30-2)19(14-16)26-24(29)23(17-8-4-3-5-9-17)32-22(28)15-33-25-27-18-10-6-7-11-21(18)31-25/h3-14,23H,15H2,1-2H3,(H,26,29). The van der Waals surface area contributed by atoms with Gasteiger partial charge in [0.15, 0.2) is 5.58 Å². The number of para-hydroxylation sites is 2. The van der Waals surface area contributed by atoms with Gasteiger partial charge in [0.2, 0.25) is 6.10 Å². The molecule has 4 aromatic rings. The minimum atomic E-state index is -1.13. The third-order valence-electron chi connectivity index (χ3n) is 4.79. The maximum absolute atomic E-state index is 13.1. The van der Waals surface area contributed by atoms with E-state index in [2.05, 4.69) is 10.3 Å². The van der Waals surface area contributed by atoms with Crippen LogP contribution in [0.25, 0.3) is 11.1 Å². The first-order chi connectivity index (χ1) is 16.0. The van der Waals surface area contributed by atoms with Crippen molar-refractivity contribution >= 4 is 40.4 Å². The summed E-state index contributed by atoms with van der Waals surface area (Å²) in [5.74, 6) is -0.594. The molecule has 1 amide bonds. The highest BCUT2D eigenvalue weighted by Crippen LogP contribution is 2.28. The number of thioether (sulfide) groups is 1. The molecule has 0 aliphatic heterocycles. The molecule has 1 N–H and O–H groups in total. The Bertz CT molecular complexity index is 1240. The number of carbonyl (C=O) groups is 2. The number of rotatable bonds is 8. The summed E-state index contributed by atoms with van der Waals surface area (Å²) in [7, 11) is 1.53. The highest BCUT2D eigenvalue weighted by atomic mass is 32.2. The zero-order chi connectivity index (χ0) is 23.2. The molecular weight excluding hydrogens is 440 g/mol. The summed E-state index contributed by atoms with van der Waals surface area (Å²) in [6, 6.07) is 21.7. The summed E-state index contributed by atoms with van der Waals surface area (Å²) >= 11 is 1.11. The Morgan fingerprint density at radius 1 is 1.06 bits per heavy atom. The van der Waals surface area contributed by atoms with E-state index < -0.39 is 18.0 Å². The number of esters is 1. The molecule has 7 nitrogen and oxygen atoms in total. The third kappa shape index (κ3) is 5.53. The summed E-state index contributed by atoms with van der Waals surface area (Å²) < 4.78 is 16.5. The summed E-state index contributed by atoms with van der Waals surface area (Å²) in [5.41, 5.74) is 3.36. The van der Waals surface area contributed by atoms with Crippen molar-refractivity contribution in [2.45, 2.75) is 18.3 Å². The molecule has 3 aromatic carbocycles.